The number of benzene rings is 1. The molecule has 1 saturated heterocycles. The van der Waals surface area contributed by atoms with Gasteiger partial charge in [-0.15, -0.1) is 0 Å². The van der Waals surface area contributed by atoms with E-state index in [2.05, 4.69) is 24.8 Å². The van der Waals surface area contributed by atoms with Gasteiger partial charge in [0.15, 0.2) is 5.43 Å². The van der Waals surface area contributed by atoms with E-state index in [0.29, 0.717) is 56.6 Å². The third-order valence-corrected chi connectivity index (χ3v) is 8.03. The summed E-state index contributed by atoms with van der Waals surface area (Å²) >= 11 is 0. The van der Waals surface area contributed by atoms with Gasteiger partial charge in [-0.3, -0.25) is 14.4 Å². The van der Waals surface area contributed by atoms with Crippen molar-refractivity contribution in [3.8, 4) is 17.0 Å². The number of ether oxygens (including phenoxy) is 1. The minimum absolute atomic E-state index is 0.0242. The average Bonchev–Trinajstić information content (AvgIpc) is 3.27. The van der Waals surface area contributed by atoms with E-state index in [4.69, 9.17) is 4.74 Å². The first-order valence-corrected chi connectivity index (χ1v) is 12.2. The fourth-order valence-corrected chi connectivity index (χ4v) is 6.02. The van der Waals surface area contributed by atoms with Crippen LogP contribution in [-0.4, -0.2) is 47.4 Å². The molecule has 8 heteroatoms. The van der Waals surface area contributed by atoms with Crippen molar-refractivity contribution in [1.29, 1.82) is 0 Å². The molecule has 1 aromatic carbocycles. The maximum absolute atomic E-state index is 12.8. The van der Waals surface area contributed by atoms with E-state index in [9.17, 15) is 24.3 Å². The topological polar surface area (TPSA) is 106 Å². The van der Waals surface area contributed by atoms with Gasteiger partial charge in [0, 0.05) is 49.8 Å². The van der Waals surface area contributed by atoms with Gasteiger partial charge < -0.3 is 19.3 Å². The molecule has 2 aromatic rings. The Labute approximate surface area is 203 Å². The van der Waals surface area contributed by atoms with Crippen LogP contribution in [0.3, 0.4) is 0 Å². The van der Waals surface area contributed by atoms with E-state index in [1.165, 1.54) is 12.3 Å². The number of carboxylic acids is 1. The first kappa shape index (κ1) is 23.3. The predicted molar refractivity (Wildman–Crippen MR) is 130 cm³/mol. The molecule has 3 aliphatic rings. The first-order chi connectivity index (χ1) is 16.7. The number of carboxylic acid groups (broad SMARTS) is 1. The Hall–Kier alpha value is -3.42. The average molecular weight is 479 g/mol. The number of hydrogen-bond acceptors (Lipinski definition) is 6. The lowest BCUT2D eigenvalue weighted by molar-refractivity contribution is -0.142. The minimum atomic E-state index is -1.23. The van der Waals surface area contributed by atoms with Crippen molar-refractivity contribution in [3.05, 3.63) is 45.7 Å². The number of rotatable bonds is 4. The fraction of sp³-hybridized carbons (Fsp3) is 0.481. The van der Waals surface area contributed by atoms with Crippen LogP contribution in [0.25, 0.3) is 11.3 Å². The number of nitrogens with zero attached hydrogens (tertiary/aromatic N) is 2. The molecule has 1 spiro atoms. The van der Waals surface area contributed by atoms with E-state index in [0.717, 1.165) is 16.8 Å². The summed E-state index contributed by atoms with van der Waals surface area (Å²) in [6.45, 7) is 5.11. The van der Waals surface area contributed by atoms with Gasteiger partial charge in [0.05, 0.1) is 18.5 Å². The molecule has 1 atom stereocenters. The zero-order chi connectivity index (χ0) is 25.1. The van der Waals surface area contributed by atoms with Crippen molar-refractivity contribution in [1.82, 2.24) is 4.57 Å². The molecule has 8 nitrogen and oxygen atoms in total. The Bertz CT molecular complexity index is 1290. The minimum Gasteiger partial charge on any atom is -0.495 e. The van der Waals surface area contributed by atoms with E-state index >= 15 is 0 Å². The Balaban J connectivity index is 1.61. The fourth-order valence-electron chi connectivity index (χ4n) is 6.02. The van der Waals surface area contributed by atoms with Crippen molar-refractivity contribution in [3.63, 3.8) is 0 Å². The second-order valence-corrected chi connectivity index (χ2v) is 10.3. The first-order valence-electron chi connectivity index (χ1n) is 12.2. The van der Waals surface area contributed by atoms with Crippen molar-refractivity contribution in [2.24, 2.45) is 11.3 Å². The number of hydrogen-bond donors (Lipinski definition) is 1. The van der Waals surface area contributed by atoms with Crippen molar-refractivity contribution >= 4 is 23.2 Å². The molecule has 184 valence electrons. The Morgan fingerprint density at radius 1 is 1.14 bits per heavy atom. The quantitative estimate of drug-likeness (QED) is 0.671. The molecule has 0 bridgehead atoms. The van der Waals surface area contributed by atoms with Crippen molar-refractivity contribution < 1.29 is 24.2 Å². The Morgan fingerprint density at radius 2 is 1.86 bits per heavy atom. The van der Waals surface area contributed by atoms with Crippen molar-refractivity contribution in [2.75, 3.05) is 25.1 Å². The number of methoxy groups -OCH3 is 1. The maximum atomic E-state index is 12.8. The summed E-state index contributed by atoms with van der Waals surface area (Å²) in [6.07, 6.45) is 4.20. The molecule has 1 aromatic heterocycles. The highest BCUT2D eigenvalue weighted by Gasteiger charge is 2.51. The number of fused-ring (bicyclic) bond motifs is 3. The number of carbonyl (C=O) groups excluding carboxylic acids is 2. The van der Waals surface area contributed by atoms with E-state index in [1.54, 1.807) is 7.11 Å². The van der Waals surface area contributed by atoms with Gasteiger partial charge in [-0.25, -0.2) is 4.79 Å². The van der Waals surface area contributed by atoms with Crippen LogP contribution in [0.1, 0.15) is 61.5 Å². The standard InChI is InChI=1S/C27H30N2O6/c1-15(2)19-9-16-10-21(28-8-7-27(14-28)24(31)5-4-6-25(27)32)23(35-3)11-17(16)20-12-22(30)18(26(33)34)13-29(19)20/h10-13,15,19H,4-9,14H2,1-3H3,(H,33,34). The molecule has 35 heavy (non-hydrogen) atoms. The van der Waals surface area contributed by atoms with Crippen LogP contribution in [0.15, 0.2) is 29.2 Å². The summed E-state index contributed by atoms with van der Waals surface area (Å²) < 4.78 is 7.65. The predicted octanol–water partition coefficient (Wildman–Crippen LogP) is 3.49. The molecule has 1 saturated carbocycles. The molecule has 1 N–H and O–H groups in total. The third-order valence-electron chi connectivity index (χ3n) is 8.03. The van der Waals surface area contributed by atoms with Crippen LogP contribution >= 0.6 is 0 Å². The summed E-state index contributed by atoms with van der Waals surface area (Å²) in [5.74, 6) is -0.336. The number of pyridine rings is 1. The molecule has 2 aliphatic heterocycles. The summed E-state index contributed by atoms with van der Waals surface area (Å²) in [4.78, 5) is 51.9. The largest absolute Gasteiger partial charge is 0.495 e. The molecule has 1 aliphatic carbocycles. The molecule has 1 unspecified atom stereocenters. The second kappa shape index (κ2) is 8.36. The van der Waals surface area contributed by atoms with E-state index in [1.807, 2.05) is 10.6 Å². The molecule has 3 heterocycles. The van der Waals surface area contributed by atoms with E-state index < -0.39 is 16.8 Å². The SMILES string of the molecule is COc1cc2c(cc1N1CCC3(C1)C(=O)CCCC3=O)CC(C(C)C)n1cc(C(=O)O)c(=O)cc1-2. The Kier molecular flexibility index (Phi) is 5.57. The highest BCUT2D eigenvalue weighted by Crippen LogP contribution is 2.46. The normalized spacial score (nSPS) is 20.8. The summed E-state index contributed by atoms with van der Waals surface area (Å²) in [5, 5.41) is 9.48. The van der Waals surface area contributed by atoms with Gasteiger partial charge in [0.25, 0.3) is 0 Å². The lowest BCUT2D eigenvalue weighted by Crippen LogP contribution is -2.44. The molecular weight excluding hydrogens is 448 g/mol. The van der Waals surface area contributed by atoms with Gasteiger partial charge >= 0.3 is 5.97 Å². The highest BCUT2D eigenvalue weighted by atomic mass is 16.5. The highest BCUT2D eigenvalue weighted by molar-refractivity contribution is 6.10. The third kappa shape index (κ3) is 3.58. The van der Waals surface area contributed by atoms with Crippen LogP contribution in [0, 0.1) is 11.3 Å². The van der Waals surface area contributed by atoms with Gasteiger partial charge in [0.1, 0.15) is 28.3 Å². The van der Waals surface area contributed by atoms with Gasteiger partial charge in [-0.2, -0.15) is 0 Å². The van der Waals surface area contributed by atoms with Gasteiger partial charge in [-0.05, 0) is 42.9 Å². The summed E-state index contributed by atoms with van der Waals surface area (Å²) in [6, 6.07) is 5.33. The molecular formula is C27H30N2O6. The molecule has 2 fully saturated rings. The smallest absolute Gasteiger partial charge is 0.341 e. The lowest BCUT2D eigenvalue weighted by Gasteiger charge is -2.35. The number of aromatic carboxylic acids is 1. The van der Waals surface area contributed by atoms with Crippen LogP contribution < -0.4 is 15.1 Å². The van der Waals surface area contributed by atoms with Crippen LogP contribution in [0.4, 0.5) is 5.69 Å². The molecule has 0 radical (unpaired) electrons. The monoisotopic (exact) mass is 478 g/mol. The number of Topliss-reactive ketones (excluding diaryl/α,β-unsaturated/α-hetero) is 2. The van der Waals surface area contributed by atoms with Crippen LogP contribution in [0.2, 0.25) is 0 Å². The van der Waals surface area contributed by atoms with Crippen LogP contribution in [-0.2, 0) is 16.0 Å². The molecule has 0 amide bonds. The lowest BCUT2D eigenvalue weighted by atomic mass is 9.71. The molecule has 5 rings (SSSR count). The summed E-state index contributed by atoms with van der Waals surface area (Å²) in [7, 11) is 1.58. The number of aromatic nitrogens is 1. The summed E-state index contributed by atoms with van der Waals surface area (Å²) in [5.41, 5.74) is 1.69. The maximum Gasteiger partial charge on any atom is 0.341 e. The van der Waals surface area contributed by atoms with Gasteiger partial charge in [0.2, 0.25) is 0 Å². The van der Waals surface area contributed by atoms with E-state index in [-0.39, 0.29) is 29.1 Å². The number of carbonyl (C=O) groups is 3. The zero-order valence-electron chi connectivity index (χ0n) is 20.3. The zero-order valence-corrected chi connectivity index (χ0v) is 20.3. The number of ketones is 2. The van der Waals surface area contributed by atoms with Crippen LogP contribution in [0.5, 0.6) is 5.75 Å². The van der Waals surface area contributed by atoms with Gasteiger partial charge in [-0.1, -0.05) is 13.8 Å². The Morgan fingerprint density at radius 3 is 2.49 bits per heavy atom. The second-order valence-electron chi connectivity index (χ2n) is 10.3. The van der Waals surface area contributed by atoms with Crippen molar-refractivity contribution in [2.45, 2.75) is 52.0 Å². The number of anilines is 1.